The third-order valence-electron chi connectivity index (χ3n) is 5.45. The molecule has 0 radical (unpaired) electrons. The zero-order valence-corrected chi connectivity index (χ0v) is 16.4. The zero-order chi connectivity index (χ0) is 19.7. The first-order chi connectivity index (χ1) is 13.5. The molecule has 1 fully saturated rings. The van der Waals surface area contributed by atoms with Gasteiger partial charge in [0.05, 0.1) is 16.8 Å². The normalized spacial score (nSPS) is 16.7. The molecule has 1 saturated heterocycles. The monoisotopic (exact) mass is 380 g/mol. The van der Waals surface area contributed by atoms with Crippen LogP contribution in [0, 0.1) is 19.8 Å². The van der Waals surface area contributed by atoms with E-state index in [-0.39, 0.29) is 5.91 Å². The molecule has 0 spiro atoms. The summed E-state index contributed by atoms with van der Waals surface area (Å²) >= 11 is 0. The summed E-state index contributed by atoms with van der Waals surface area (Å²) in [6.45, 7) is 5.38. The largest absolute Gasteiger partial charge is 0.338 e. The standard InChI is InChI=1S/C20H24N6O2/c1-13-18(14(2)25(3)23-13)20(27)26-10-8-15(12-26)6-7-17-22-19(28-24-17)16-5-4-9-21-11-16/h4-5,9,11,15H,6-8,10,12H2,1-3H3. The molecule has 1 atom stereocenters. The van der Waals surface area contributed by atoms with Crippen LogP contribution < -0.4 is 0 Å². The van der Waals surface area contributed by atoms with E-state index < -0.39 is 0 Å². The fourth-order valence-corrected chi connectivity index (χ4v) is 3.79. The van der Waals surface area contributed by atoms with Gasteiger partial charge in [0.15, 0.2) is 5.82 Å². The molecule has 1 aliphatic rings. The lowest BCUT2D eigenvalue weighted by molar-refractivity contribution is 0.0785. The molecule has 1 aliphatic heterocycles. The zero-order valence-electron chi connectivity index (χ0n) is 16.4. The molecule has 1 unspecified atom stereocenters. The molecule has 146 valence electrons. The van der Waals surface area contributed by atoms with E-state index in [0.717, 1.165) is 54.9 Å². The van der Waals surface area contributed by atoms with E-state index in [2.05, 4.69) is 20.2 Å². The summed E-state index contributed by atoms with van der Waals surface area (Å²) in [5.74, 6) is 1.72. The predicted octanol–water partition coefficient (Wildman–Crippen LogP) is 2.58. The van der Waals surface area contributed by atoms with E-state index in [1.54, 1.807) is 17.1 Å². The Kier molecular flexibility index (Phi) is 4.93. The molecule has 0 bridgehead atoms. The highest BCUT2D eigenvalue weighted by atomic mass is 16.5. The van der Waals surface area contributed by atoms with Crippen molar-refractivity contribution in [3.8, 4) is 11.5 Å². The maximum atomic E-state index is 12.9. The van der Waals surface area contributed by atoms with Gasteiger partial charge in [-0.15, -0.1) is 0 Å². The van der Waals surface area contributed by atoms with Crippen LogP contribution in [0.15, 0.2) is 29.0 Å². The summed E-state index contributed by atoms with van der Waals surface area (Å²) in [5, 5.41) is 8.44. The Hall–Kier alpha value is -3.03. The molecule has 8 nitrogen and oxygen atoms in total. The number of amides is 1. The van der Waals surface area contributed by atoms with Crippen LogP contribution in [0.3, 0.4) is 0 Å². The number of carbonyl (C=O) groups excluding carboxylic acids is 1. The van der Waals surface area contributed by atoms with Crippen LogP contribution in [-0.2, 0) is 13.5 Å². The number of hydrogen-bond acceptors (Lipinski definition) is 6. The maximum Gasteiger partial charge on any atom is 0.259 e. The fraction of sp³-hybridized carbons (Fsp3) is 0.450. The number of aryl methyl sites for hydroxylation is 3. The second-order valence-electron chi connectivity index (χ2n) is 7.37. The molecule has 3 aromatic rings. The Balaban J connectivity index is 1.34. The van der Waals surface area contributed by atoms with Gasteiger partial charge in [-0.2, -0.15) is 10.1 Å². The number of nitrogens with zero attached hydrogens (tertiary/aromatic N) is 6. The van der Waals surface area contributed by atoms with Gasteiger partial charge in [-0.25, -0.2) is 0 Å². The predicted molar refractivity (Wildman–Crippen MR) is 103 cm³/mol. The van der Waals surface area contributed by atoms with Gasteiger partial charge in [0, 0.05) is 44.6 Å². The molecule has 28 heavy (non-hydrogen) atoms. The lowest BCUT2D eigenvalue weighted by atomic mass is 10.0. The minimum atomic E-state index is 0.0871. The highest BCUT2D eigenvalue weighted by molar-refractivity contribution is 5.96. The lowest BCUT2D eigenvalue weighted by Gasteiger charge is -2.16. The lowest BCUT2D eigenvalue weighted by Crippen LogP contribution is -2.29. The number of rotatable bonds is 5. The van der Waals surface area contributed by atoms with Gasteiger partial charge < -0.3 is 9.42 Å². The van der Waals surface area contributed by atoms with E-state index in [9.17, 15) is 4.79 Å². The minimum absolute atomic E-state index is 0.0871. The first kappa shape index (κ1) is 18.3. The second kappa shape index (κ2) is 7.53. The molecule has 1 amide bonds. The van der Waals surface area contributed by atoms with Crippen molar-refractivity contribution in [2.45, 2.75) is 33.1 Å². The van der Waals surface area contributed by atoms with Gasteiger partial charge in [0.1, 0.15) is 0 Å². The van der Waals surface area contributed by atoms with Gasteiger partial charge in [-0.05, 0) is 44.7 Å². The van der Waals surface area contributed by atoms with Crippen molar-refractivity contribution < 1.29 is 9.32 Å². The SMILES string of the molecule is Cc1nn(C)c(C)c1C(=O)N1CCC(CCc2noc(-c3cccnc3)n2)C1. The van der Waals surface area contributed by atoms with Gasteiger partial charge in [0.25, 0.3) is 11.8 Å². The van der Waals surface area contributed by atoms with Crippen LogP contribution in [-0.4, -0.2) is 48.8 Å². The van der Waals surface area contributed by atoms with E-state index in [0.29, 0.717) is 17.6 Å². The average Bonchev–Trinajstić information content (AvgIpc) is 3.41. The van der Waals surface area contributed by atoms with Crippen molar-refractivity contribution in [1.82, 2.24) is 29.8 Å². The quantitative estimate of drug-likeness (QED) is 0.676. The van der Waals surface area contributed by atoms with Crippen molar-refractivity contribution >= 4 is 5.91 Å². The molecule has 0 aromatic carbocycles. The second-order valence-corrected chi connectivity index (χ2v) is 7.37. The first-order valence-corrected chi connectivity index (χ1v) is 9.55. The number of pyridine rings is 1. The third kappa shape index (κ3) is 3.54. The van der Waals surface area contributed by atoms with Crippen molar-refractivity contribution in [1.29, 1.82) is 0 Å². The summed E-state index contributed by atoms with van der Waals surface area (Å²) in [5.41, 5.74) is 3.27. The summed E-state index contributed by atoms with van der Waals surface area (Å²) in [6, 6.07) is 3.74. The van der Waals surface area contributed by atoms with E-state index in [4.69, 9.17) is 4.52 Å². The first-order valence-electron chi connectivity index (χ1n) is 9.55. The van der Waals surface area contributed by atoms with Crippen LogP contribution in [0.1, 0.15) is 40.4 Å². The Morgan fingerprint density at radius 3 is 2.93 bits per heavy atom. The van der Waals surface area contributed by atoms with Crippen molar-refractivity contribution in [3.63, 3.8) is 0 Å². The molecular formula is C20H24N6O2. The van der Waals surface area contributed by atoms with E-state index >= 15 is 0 Å². The van der Waals surface area contributed by atoms with Gasteiger partial charge in [-0.3, -0.25) is 14.5 Å². The van der Waals surface area contributed by atoms with Crippen molar-refractivity contribution in [2.24, 2.45) is 13.0 Å². The van der Waals surface area contributed by atoms with Crippen LogP contribution in [0.2, 0.25) is 0 Å². The minimum Gasteiger partial charge on any atom is -0.338 e. The summed E-state index contributed by atoms with van der Waals surface area (Å²) in [6.07, 6.45) is 6.09. The molecule has 3 aromatic heterocycles. The van der Waals surface area contributed by atoms with E-state index in [1.807, 2.05) is 37.9 Å². The maximum absolute atomic E-state index is 12.9. The number of hydrogen-bond donors (Lipinski definition) is 0. The van der Waals surface area contributed by atoms with Crippen LogP contribution >= 0.6 is 0 Å². The van der Waals surface area contributed by atoms with Gasteiger partial charge in [0.2, 0.25) is 0 Å². The number of likely N-dealkylation sites (tertiary alicyclic amines) is 1. The highest BCUT2D eigenvalue weighted by Crippen LogP contribution is 2.25. The van der Waals surface area contributed by atoms with Crippen LogP contribution in [0.25, 0.3) is 11.5 Å². The molecular weight excluding hydrogens is 356 g/mol. The Bertz CT molecular complexity index is 978. The van der Waals surface area contributed by atoms with Crippen molar-refractivity contribution in [2.75, 3.05) is 13.1 Å². The van der Waals surface area contributed by atoms with Crippen LogP contribution in [0.5, 0.6) is 0 Å². The molecule has 0 saturated carbocycles. The smallest absolute Gasteiger partial charge is 0.259 e. The Morgan fingerprint density at radius 2 is 2.21 bits per heavy atom. The molecule has 4 heterocycles. The molecule has 0 N–H and O–H groups in total. The van der Waals surface area contributed by atoms with Gasteiger partial charge >= 0.3 is 0 Å². The molecule has 4 rings (SSSR count). The highest BCUT2D eigenvalue weighted by Gasteiger charge is 2.30. The topological polar surface area (TPSA) is 89.9 Å². The Morgan fingerprint density at radius 1 is 1.36 bits per heavy atom. The summed E-state index contributed by atoms with van der Waals surface area (Å²) < 4.78 is 7.11. The summed E-state index contributed by atoms with van der Waals surface area (Å²) in [4.78, 5) is 23.4. The van der Waals surface area contributed by atoms with Crippen LogP contribution in [0.4, 0.5) is 0 Å². The van der Waals surface area contributed by atoms with Crippen molar-refractivity contribution in [3.05, 3.63) is 47.3 Å². The summed E-state index contributed by atoms with van der Waals surface area (Å²) in [7, 11) is 1.87. The third-order valence-corrected chi connectivity index (χ3v) is 5.45. The molecule has 8 heteroatoms. The van der Waals surface area contributed by atoms with Gasteiger partial charge in [-0.1, -0.05) is 5.16 Å². The average molecular weight is 380 g/mol. The Labute approximate surface area is 163 Å². The van der Waals surface area contributed by atoms with E-state index in [1.165, 1.54) is 0 Å². The fourth-order valence-electron chi connectivity index (χ4n) is 3.79. The molecule has 0 aliphatic carbocycles. The number of carbonyl (C=O) groups is 1. The number of aromatic nitrogens is 5.